The molecule has 0 atom stereocenters. The van der Waals surface area contributed by atoms with E-state index < -0.39 is 0 Å². The van der Waals surface area contributed by atoms with Gasteiger partial charge in [0.05, 0.1) is 0 Å². The fourth-order valence-electron chi connectivity index (χ4n) is 1.21. The molecule has 0 spiro atoms. The predicted octanol–water partition coefficient (Wildman–Crippen LogP) is 1.88. The number of aliphatic imine (C=N–C) groups is 2. The number of rotatable bonds is 1. The van der Waals surface area contributed by atoms with E-state index in [1.807, 2.05) is 48.5 Å². The molecule has 14 heavy (non-hydrogen) atoms. The molecular weight excluding hydrogens is 174 g/mol. The van der Waals surface area contributed by atoms with Crippen LogP contribution in [0.4, 0.5) is 0 Å². The summed E-state index contributed by atoms with van der Waals surface area (Å²) in [7, 11) is 2.01. The smallest absolute Gasteiger partial charge is 0.151 e. The van der Waals surface area contributed by atoms with Crippen LogP contribution < -0.4 is 0 Å². The lowest BCUT2D eigenvalue weighted by Gasteiger charge is -2.16. The van der Waals surface area contributed by atoms with Crippen molar-refractivity contribution >= 4 is 12.4 Å². The Morgan fingerprint density at radius 3 is 2.64 bits per heavy atom. The van der Waals surface area contributed by atoms with Crippen molar-refractivity contribution in [2.75, 3.05) is 7.05 Å². The van der Waals surface area contributed by atoms with Crippen LogP contribution >= 0.6 is 0 Å². The predicted molar refractivity (Wildman–Crippen MR) is 59.2 cm³/mol. The van der Waals surface area contributed by atoms with Crippen molar-refractivity contribution in [3.8, 4) is 0 Å². The summed E-state index contributed by atoms with van der Waals surface area (Å²) in [5.41, 5.74) is 1.12. The van der Waals surface area contributed by atoms with Crippen LogP contribution in [0, 0.1) is 0 Å². The van der Waals surface area contributed by atoms with E-state index in [0.717, 1.165) is 11.5 Å². The lowest BCUT2D eigenvalue weighted by atomic mass is 10.2. The lowest BCUT2D eigenvalue weighted by Crippen LogP contribution is -2.09. The second-order valence-electron chi connectivity index (χ2n) is 2.98. The fraction of sp³-hybridized carbons (Fsp3) is 0.0909. The quantitative estimate of drug-likeness (QED) is 0.613. The Kier molecular flexibility index (Phi) is 2.40. The largest absolute Gasteiger partial charge is 0.351 e. The molecule has 0 aromatic carbocycles. The summed E-state index contributed by atoms with van der Waals surface area (Å²) in [6.07, 6.45) is 15.3. The maximum Gasteiger partial charge on any atom is 0.151 e. The molecule has 0 radical (unpaired) electrons. The third-order valence-corrected chi connectivity index (χ3v) is 1.98. The van der Waals surface area contributed by atoms with Crippen LogP contribution in [0.2, 0.25) is 0 Å². The van der Waals surface area contributed by atoms with E-state index in [1.54, 1.807) is 12.4 Å². The van der Waals surface area contributed by atoms with E-state index in [2.05, 4.69) is 9.98 Å². The van der Waals surface area contributed by atoms with E-state index in [4.69, 9.17) is 0 Å². The molecule has 0 unspecified atom stereocenters. The number of nitrogens with zero attached hydrogens (tertiary/aromatic N) is 3. The molecule has 0 amide bonds. The average molecular weight is 185 g/mol. The standard InChI is InChI=1S/C11H11N3/c1-14-9-3-2-4-10(14)5-6-11-12-7-8-13-11/h2-9H,1H3/b10-5+. The van der Waals surface area contributed by atoms with Crippen LogP contribution in [0.3, 0.4) is 0 Å². The SMILES string of the molecule is CN1C=CC=C/C1=C\C=C1N=CC=N1. The summed E-state index contributed by atoms with van der Waals surface area (Å²) in [6, 6.07) is 0. The molecular formula is C11H11N3. The third-order valence-electron chi connectivity index (χ3n) is 1.98. The molecule has 2 aliphatic rings. The maximum atomic E-state index is 4.05. The Labute approximate surface area is 83.2 Å². The molecule has 2 rings (SSSR count). The van der Waals surface area contributed by atoms with Gasteiger partial charge in [0, 0.05) is 31.4 Å². The van der Waals surface area contributed by atoms with Crippen LogP contribution in [-0.4, -0.2) is 24.4 Å². The minimum Gasteiger partial charge on any atom is -0.351 e. The van der Waals surface area contributed by atoms with Crippen LogP contribution in [0.1, 0.15) is 0 Å². The molecule has 3 heteroatoms. The van der Waals surface area contributed by atoms with Gasteiger partial charge in [-0.1, -0.05) is 6.08 Å². The summed E-state index contributed by atoms with van der Waals surface area (Å²) in [5, 5.41) is 0. The Hall–Kier alpha value is -1.90. The van der Waals surface area contributed by atoms with Gasteiger partial charge in [0.15, 0.2) is 5.82 Å². The first-order valence-corrected chi connectivity index (χ1v) is 4.43. The van der Waals surface area contributed by atoms with Crippen molar-refractivity contribution in [3.63, 3.8) is 0 Å². The second-order valence-corrected chi connectivity index (χ2v) is 2.98. The van der Waals surface area contributed by atoms with Crippen molar-refractivity contribution < 1.29 is 0 Å². The van der Waals surface area contributed by atoms with Gasteiger partial charge >= 0.3 is 0 Å². The topological polar surface area (TPSA) is 28.0 Å². The Balaban J connectivity index is 2.15. The van der Waals surface area contributed by atoms with E-state index in [0.29, 0.717) is 0 Å². The summed E-state index contributed by atoms with van der Waals surface area (Å²) >= 11 is 0. The number of hydrogen-bond acceptors (Lipinski definition) is 3. The van der Waals surface area contributed by atoms with Gasteiger partial charge in [-0.2, -0.15) is 0 Å². The molecule has 0 saturated heterocycles. The molecule has 2 aliphatic heterocycles. The first-order valence-electron chi connectivity index (χ1n) is 4.43. The Morgan fingerprint density at radius 1 is 1.14 bits per heavy atom. The highest BCUT2D eigenvalue weighted by atomic mass is 15.1. The third kappa shape index (κ3) is 1.88. The Bertz CT molecular complexity index is 381. The minimum atomic E-state index is 0.744. The van der Waals surface area contributed by atoms with E-state index in [9.17, 15) is 0 Å². The molecule has 70 valence electrons. The fourth-order valence-corrected chi connectivity index (χ4v) is 1.21. The van der Waals surface area contributed by atoms with Gasteiger partial charge in [-0.05, 0) is 24.3 Å². The van der Waals surface area contributed by atoms with Crippen molar-refractivity contribution in [1.29, 1.82) is 0 Å². The van der Waals surface area contributed by atoms with E-state index >= 15 is 0 Å². The lowest BCUT2D eigenvalue weighted by molar-refractivity contribution is 0.584. The Morgan fingerprint density at radius 2 is 1.93 bits per heavy atom. The number of allylic oxidation sites excluding steroid dienone is 5. The molecule has 0 aromatic rings. The summed E-state index contributed by atoms with van der Waals surface area (Å²) in [5.74, 6) is 0.744. The van der Waals surface area contributed by atoms with Gasteiger partial charge in [-0.25, -0.2) is 9.98 Å². The maximum absolute atomic E-state index is 4.05. The number of likely N-dealkylation sites (N-methyl/N-ethyl adjacent to an activating group) is 1. The van der Waals surface area contributed by atoms with Crippen LogP contribution in [0.5, 0.6) is 0 Å². The molecule has 0 fully saturated rings. The molecule has 0 aromatic heterocycles. The van der Waals surface area contributed by atoms with Gasteiger partial charge in [0.25, 0.3) is 0 Å². The molecule has 3 nitrogen and oxygen atoms in total. The molecule has 0 saturated carbocycles. The highest BCUT2D eigenvalue weighted by Gasteiger charge is 1.99. The molecule has 0 N–H and O–H groups in total. The zero-order valence-corrected chi connectivity index (χ0v) is 7.96. The van der Waals surface area contributed by atoms with Crippen LogP contribution in [0.25, 0.3) is 0 Å². The van der Waals surface area contributed by atoms with Crippen molar-refractivity contribution in [3.05, 3.63) is 48.1 Å². The van der Waals surface area contributed by atoms with E-state index in [1.165, 1.54) is 0 Å². The average Bonchev–Trinajstić information content (AvgIpc) is 2.69. The number of hydrogen-bond donors (Lipinski definition) is 0. The van der Waals surface area contributed by atoms with Gasteiger partial charge in [-0.15, -0.1) is 0 Å². The van der Waals surface area contributed by atoms with Crippen molar-refractivity contribution in [2.45, 2.75) is 0 Å². The highest BCUT2D eigenvalue weighted by Crippen LogP contribution is 2.11. The van der Waals surface area contributed by atoms with Crippen molar-refractivity contribution in [2.24, 2.45) is 9.98 Å². The summed E-state index contributed by atoms with van der Waals surface area (Å²) in [6.45, 7) is 0. The molecule has 0 bridgehead atoms. The van der Waals surface area contributed by atoms with Gasteiger partial charge < -0.3 is 4.90 Å². The monoisotopic (exact) mass is 185 g/mol. The zero-order chi connectivity index (χ0) is 9.80. The second kappa shape index (κ2) is 3.87. The molecule has 2 heterocycles. The summed E-state index contributed by atoms with van der Waals surface area (Å²) in [4.78, 5) is 10.1. The van der Waals surface area contributed by atoms with E-state index in [-0.39, 0.29) is 0 Å². The van der Waals surface area contributed by atoms with Gasteiger partial charge in [-0.3, -0.25) is 0 Å². The van der Waals surface area contributed by atoms with Gasteiger partial charge in [0.2, 0.25) is 0 Å². The van der Waals surface area contributed by atoms with Crippen LogP contribution in [0.15, 0.2) is 58.1 Å². The normalized spacial score (nSPS) is 21.4. The minimum absolute atomic E-state index is 0.744. The van der Waals surface area contributed by atoms with Crippen molar-refractivity contribution in [1.82, 2.24) is 4.90 Å². The summed E-state index contributed by atoms with van der Waals surface area (Å²) < 4.78 is 0. The highest BCUT2D eigenvalue weighted by molar-refractivity contribution is 6.18. The first-order chi connectivity index (χ1) is 6.86. The molecule has 0 aliphatic carbocycles. The van der Waals surface area contributed by atoms with Gasteiger partial charge in [0.1, 0.15) is 0 Å². The van der Waals surface area contributed by atoms with Crippen LogP contribution in [-0.2, 0) is 0 Å². The zero-order valence-electron chi connectivity index (χ0n) is 7.96. The first kappa shape index (κ1) is 8.69.